The van der Waals surface area contributed by atoms with Crippen LogP contribution in [0, 0.1) is 5.92 Å². The summed E-state index contributed by atoms with van der Waals surface area (Å²) in [5, 5.41) is 14.8. The third-order valence-corrected chi connectivity index (χ3v) is 9.65. The van der Waals surface area contributed by atoms with Gasteiger partial charge in [0.2, 0.25) is 35.3 Å². The number of nitrogens with one attached hydrogen (secondary N) is 5. The number of fused-ring (bicyclic) bond motifs is 1. The Balaban J connectivity index is 1.44. The fraction of sp³-hybridized carbons (Fsp3) is 0.312. The summed E-state index contributed by atoms with van der Waals surface area (Å²) in [4.78, 5) is 93.0. The van der Waals surface area contributed by atoms with Crippen LogP contribution in [0.2, 0.25) is 0 Å². The zero-order valence-corrected chi connectivity index (χ0v) is 35.6. The Morgan fingerprint density at radius 3 is 1.90 bits per heavy atom. The predicted molar refractivity (Wildman–Crippen MR) is 239 cm³/mol. The molecule has 4 rings (SSSR count). The molecular formula is C48H56N6O9. The van der Waals surface area contributed by atoms with E-state index in [1.165, 1.54) is 6.08 Å². The molecular weight excluding hydrogens is 805 g/mol. The number of carbonyl (C=O) groups excluding carboxylic acids is 7. The molecule has 0 saturated carbocycles. The molecule has 4 atom stereocenters. The number of rotatable bonds is 26. The summed E-state index contributed by atoms with van der Waals surface area (Å²) in [5.41, 5.74) is 7.77. The van der Waals surface area contributed by atoms with Crippen molar-refractivity contribution in [2.75, 3.05) is 26.4 Å². The van der Waals surface area contributed by atoms with Crippen molar-refractivity contribution < 1.29 is 43.0 Å². The molecule has 7 N–H and O–H groups in total. The van der Waals surface area contributed by atoms with E-state index < -0.39 is 78.5 Å². The Morgan fingerprint density at radius 1 is 0.635 bits per heavy atom. The van der Waals surface area contributed by atoms with Crippen LogP contribution in [0.15, 0.2) is 122 Å². The monoisotopic (exact) mass is 860 g/mol. The van der Waals surface area contributed by atoms with Gasteiger partial charge in [-0.25, -0.2) is 0 Å². The minimum atomic E-state index is -1.54. The molecule has 332 valence electrons. The lowest BCUT2D eigenvalue weighted by Gasteiger charge is -2.26. The third kappa shape index (κ3) is 16.3. The van der Waals surface area contributed by atoms with E-state index >= 15 is 0 Å². The Bertz CT molecular complexity index is 2230. The van der Waals surface area contributed by atoms with E-state index in [2.05, 4.69) is 39.7 Å². The number of nitrogens with two attached hydrogens (primary N) is 1. The third-order valence-electron chi connectivity index (χ3n) is 9.65. The first-order valence-corrected chi connectivity index (χ1v) is 20.6. The molecule has 4 aromatic carbocycles. The maximum atomic E-state index is 14.0. The van der Waals surface area contributed by atoms with Gasteiger partial charge in [0.05, 0.1) is 26.2 Å². The molecule has 63 heavy (non-hydrogen) atoms. The van der Waals surface area contributed by atoms with E-state index in [0.717, 1.165) is 21.9 Å². The fourth-order valence-electron chi connectivity index (χ4n) is 6.52. The van der Waals surface area contributed by atoms with Crippen molar-refractivity contribution in [1.29, 1.82) is 0 Å². The van der Waals surface area contributed by atoms with Gasteiger partial charge >= 0.3 is 0 Å². The molecule has 0 aliphatic rings. The lowest BCUT2D eigenvalue weighted by atomic mass is 10.00. The molecule has 6 amide bonds. The maximum Gasteiger partial charge on any atom is 0.290 e. The van der Waals surface area contributed by atoms with Gasteiger partial charge in [-0.2, -0.15) is 0 Å². The Labute approximate surface area is 367 Å². The van der Waals surface area contributed by atoms with Crippen molar-refractivity contribution in [3.05, 3.63) is 139 Å². The first-order chi connectivity index (χ1) is 30.3. The van der Waals surface area contributed by atoms with Crippen molar-refractivity contribution >= 4 is 52.0 Å². The average Bonchev–Trinajstić information content (AvgIpc) is 3.26. The lowest BCUT2D eigenvalue weighted by Crippen LogP contribution is -2.58. The molecule has 0 spiro atoms. The molecule has 15 heteroatoms. The van der Waals surface area contributed by atoms with E-state index in [-0.39, 0.29) is 38.2 Å². The molecule has 4 aromatic rings. The van der Waals surface area contributed by atoms with E-state index in [0.29, 0.717) is 17.9 Å². The van der Waals surface area contributed by atoms with Crippen LogP contribution < -0.4 is 37.1 Å². The minimum absolute atomic E-state index is 0.00410. The van der Waals surface area contributed by atoms with Crippen molar-refractivity contribution in [2.24, 2.45) is 11.7 Å². The summed E-state index contributed by atoms with van der Waals surface area (Å²) in [6, 6.07) is 24.2. The van der Waals surface area contributed by atoms with E-state index in [1.807, 2.05) is 62.4 Å². The van der Waals surface area contributed by atoms with Crippen LogP contribution in [0.3, 0.4) is 0 Å². The number of primary amides is 1. The lowest BCUT2D eigenvalue weighted by molar-refractivity contribution is -0.142. The largest absolute Gasteiger partial charge is 0.490 e. The zero-order valence-electron chi connectivity index (χ0n) is 35.6. The molecule has 0 heterocycles. The molecule has 0 saturated heterocycles. The highest BCUT2D eigenvalue weighted by molar-refractivity contribution is 6.38. The highest BCUT2D eigenvalue weighted by atomic mass is 16.5. The van der Waals surface area contributed by atoms with Crippen LogP contribution in [0.25, 0.3) is 10.8 Å². The van der Waals surface area contributed by atoms with Gasteiger partial charge in [-0.05, 0) is 51.9 Å². The first-order valence-electron chi connectivity index (χ1n) is 20.6. The van der Waals surface area contributed by atoms with E-state index in [9.17, 15) is 33.6 Å². The summed E-state index contributed by atoms with van der Waals surface area (Å²) in [5.74, 6) is -5.35. The second-order valence-electron chi connectivity index (χ2n) is 15.3. The number of ether oxygens (including phenoxy) is 2. The number of carbonyl (C=O) groups is 7. The molecule has 15 nitrogen and oxygen atoms in total. The normalized spacial score (nSPS) is 12.7. The molecule has 0 aliphatic carbocycles. The van der Waals surface area contributed by atoms with Gasteiger partial charge in [0.1, 0.15) is 36.5 Å². The van der Waals surface area contributed by atoms with Gasteiger partial charge < -0.3 is 41.8 Å². The van der Waals surface area contributed by atoms with Crippen molar-refractivity contribution in [1.82, 2.24) is 26.6 Å². The summed E-state index contributed by atoms with van der Waals surface area (Å²) in [6.07, 6.45) is 3.31. The summed E-state index contributed by atoms with van der Waals surface area (Å²) in [6.45, 7) is 10.0. The average molecular weight is 861 g/mol. The van der Waals surface area contributed by atoms with Gasteiger partial charge in [-0.15, -0.1) is 6.58 Å². The Kier molecular flexibility index (Phi) is 19.2. The Hall–Kier alpha value is -7.13. The highest BCUT2D eigenvalue weighted by Crippen LogP contribution is 2.17. The minimum Gasteiger partial charge on any atom is -0.490 e. The smallest absolute Gasteiger partial charge is 0.290 e. The topological polar surface area (TPSA) is 224 Å². The van der Waals surface area contributed by atoms with Gasteiger partial charge in [0.15, 0.2) is 0 Å². The van der Waals surface area contributed by atoms with Gasteiger partial charge in [0.25, 0.3) is 5.91 Å². The molecule has 3 unspecified atom stereocenters. The van der Waals surface area contributed by atoms with Gasteiger partial charge in [-0.3, -0.25) is 33.6 Å². The van der Waals surface area contributed by atoms with Crippen LogP contribution in [-0.4, -0.2) is 91.8 Å². The predicted octanol–water partition coefficient (Wildman–Crippen LogP) is 2.79. The fourth-order valence-corrected chi connectivity index (χ4v) is 6.52. The highest BCUT2D eigenvalue weighted by Gasteiger charge is 2.33. The Morgan fingerprint density at radius 2 is 1.24 bits per heavy atom. The quantitative estimate of drug-likeness (QED) is 0.0310. The first kappa shape index (κ1) is 48.5. The SMILES string of the molecule is C=CCOCC(NC(=O)[C@H](CC(C)C)NC(=O)C(Cc1ccc(OCC=C)cc1)NC(=O)Cc1ccccc1)C(=O)C(=O)NCC(=O)NC(Cc1ccc2ccccc2c1)C(N)=O. The number of Topliss-reactive ketones (excluding diaryl/α,β-unsaturated/α-hetero) is 1. The number of ketones is 1. The van der Waals surface area contributed by atoms with Crippen LogP contribution in [-0.2, 0) is 57.6 Å². The molecule has 0 aromatic heterocycles. The van der Waals surface area contributed by atoms with E-state index in [4.69, 9.17) is 15.2 Å². The van der Waals surface area contributed by atoms with E-state index in [1.54, 1.807) is 54.6 Å². The number of amides is 6. The van der Waals surface area contributed by atoms with Crippen molar-refractivity contribution in [3.63, 3.8) is 0 Å². The van der Waals surface area contributed by atoms with Crippen LogP contribution in [0.1, 0.15) is 37.0 Å². The number of benzene rings is 4. The summed E-state index contributed by atoms with van der Waals surface area (Å²) < 4.78 is 11.0. The van der Waals surface area contributed by atoms with Crippen LogP contribution >= 0.6 is 0 Å². The van der Waals surface area contributed by atoms with Gasteiger partial charge in [0, 0.05) is 12.8 Å². The number of hydrogen-bond donors (Lipinski definition) is 6. The molecule has 0 aliphatic heterocycles. The van der Waals surface area contributed by atoms with Crippen molar-refractivity contribution in [2.45, 2.75) is 63.7 Å². The summed E-state index contributed by atoms with van der Waals surface area (Å²) in [7, 11) is 0. The zero-order chi connectivity index (χ0) is 45.7. The summed E-state index contributed by atoms with van der Waals surface area (Å²) >= 11 is 0. The molecule has 0 fully saturated rings. The maximum absolute atomic E-state index is 14.0. The molecule has 0 radical (unpaired) electrons. The second-order valence-corrected chi connectivity index (χ2v) is 15.3. The number of hydrogen-bond acceptors (Lipinski definition) is 9. The standard InChI is InChI=1S/C48H56N6O9/c1-5-22-62-30-41(44(57)48(61)50-29-43(56)51-38(45(49)58)27-34-16-19-35-14-10-11-15-36(35)25-34)54-46(59)39(24-31(3)4)53-47(60)40(52-42(55)28-32-12-8-7-9-13-32)26-33-17-20-37(21-18-33)63-23-6-2/h5-21,25,31,38-41H,1-2,22-24,26-30H2,3-4H3,(H2,49,58)(H,50,61)(H,51,56)(H,52,55)(H,53,60)(H,54,59)/t38?,39-,40?,41?/m0/s1. The van der Waals surface area contributed by atoms with Crippen molar-refractivity contribution in [3.8, 4) is 5.75 Å². The van der Waals surface area contributed by atoms with Gasteiger partial charge in [-0.1, -0.05) is 118 Å². The van der Waals surface area contributed by atoms with Crippen LogP contribution in [0.5, 0.6) is 5.75 Å². The molecule has 0 bridgehead atoms. The second kappa shape index (κ2) is 25.0. The van der Waals surface area contributed by atoms with Crippen LogP contribution in [0.4, 0.5) is 0 Å².